The van der Waals surface area contributed by atoms with E-state index in [-0.39, 0.29) is 4.68 Å². The lowest BCUT2D eigenvalue weighted by atomic mass is 10.6. The van der Waals surface area contributed by atoms with Crippen molar-refractivity contribution in [3.8, 4) is 0 Å². The average Bonchev–Trinajstić information content (AvgIpc) is 2.27. The van der Waals surface area contributed by atoms with Crippen LogP contribution in [0.2, 0.25) is 0 Å². The summed E-state index contributed by atoms with van der Waals surface area (Å²) in [6.07, 6.45) is -4.76. The van der Waals surface area contributed by atoms with E-state index in [2.05, 4.69) is 15.5 Å². The summed E-state index contributed by atoms with van der Waals surface area (Å²) in [5.74, 6) is -1.47. The Hall–Kier alpha value is -0.270. The second-order valence-electron chi connectivity index (χ2n) is 1.88. The molecule has 0 amide bonds. The maximum atomic E-state index is 12.1. The summed E-state index contributed by atoms with van der Waals surface area (Å²) in [6.45, 7) is 0. The van der Waals surface area contributed by atoms with Crippen molar-refractivity contribution in [2.75, 3.05) is 0 Å². The Morgan fingerprint density at radius 3 is 2.00 bits per heavy atom. The summed E-state index contributed by atoms with van der Waals surface area (Å²) in [7, 11) is 0. The highest BCUT2D eigenvalue weighted by Crippen LogP contribution is 2.36. The normalized spacial score (nSPS) is 13.4. The van der Waals surface area contributed by atoms with Gasteiger partial charge < -0.3 is 0 Å². The van der Waals surface area contributed by atoms with E-state index in [9.17, 15) is 13.2 Å². The summed E-state index contributed by atoms with van der Waals surface area (Å²) >= 11 is 15.5. The van der Waals surface area contributed by atoms with E-state index < -0.39 is 15.9 Å². The molecule has 0 unspecified atom stereocenters. The number of hydrogen-bond acceptors (Lipinski definition) is 3. The third kappa shape index (κ3) is 2.35. The maximum Gasteiger partial charge on any atom is 0.453 e. The fourth-order valence-electron chi connectivity index (χ4n) is 0.535. The Bertz CT molecular complexity index is 273. The SMILES string of the molecule is FC(F)(F)c1nnnn1C(Cl)(Cl)Cl. The van der Waals surface area contributed by atoms with Gasteiger partial charge in [-0.1, -0.05) is 34.8 Å². The number of nitrogens with zero attached hydrogens (tertiary/aromatic N) is 4. The average molecular weight is 255 g/mol. The van der Waals surface area contributed by atoms with Crippen LogP contribution in [-0.4, -0.2) is 20.2 Å². The molecule has 0 atom stereocenters. The van der Waals surface area contributed by atoms with Crippen molar-refractivity contribution in [2.24, 2.45) is 0 Å². The molecule has 10 heteroatoms. The first-order chi connectivity index (χ1) is 5.73. The highest BCUT2D eigenvalue weighted by molar-refractivity contribution is 6.64. The predicted molar refractivity (Wildman–Crippen MR) is 38.4 cm³/mol. The van der Waals surface area contributed by atoms with Gasteiger partial charge in [-0.2, -0.15) is 17.9 Å². The van der Waals surface area contributed by atoms with Crippen LogP contribution in [0.4, 0.5) is 13.2 Å². The lowest BCUT2D eigenvalue weighted by Crippen LogP contribution is -2.23. The zero-order chi connectivity index (χ0) is 10.3. The Labute approximate surface area is 84.6 Å². The van der Waals surface area contributed by atoms with Gasteiger partial charge in [-0.15, -0.1) is 5.10 Å². The van der Waals surface area contributed by atoms with Crippen molar-refractivity contribution in [1.29, 1.82) is 0 Å². The second kappa shape index (κ2) is 3.14. The molecule has 0 aliphatic rings. The van der Waals surface area contributed by atoms with Gasteiger partial charge in [0.25, 0.3) is 9.74 Å². The van der Waals surface area contributed by atoms with Gasteiger partial charge in [0.2, 0.25) is 0 Å². The second-order valence-corrected chi connectivity index (χ2v) is 4.10. The first kappa shape index (κ1) is 10.8. The summed E-state index contributed by atoms with van der Waals surface area (Å²) < 4.78 is 33.9. The Morgan fingerprint density at radius 1 is 1.15 bits per heavy atom. The van der Waals surface area contributed by atoms with E-state index in [4.69, 9.17) is 34.8 Å². The molecule has 13 heavy (non-hydrogen) atoms. The number of halogens is 6. The van der Waals surface area contributed by atoms with Crippen molar-refractivity contribution in [3.63, 3.8) is 0 Å². The summed E-state index contributed by atoms with van der Waals surface area (Å²) in [4.78, 5) is 0. The molecule has 0 N–H and O–H groups in total. The molecule has 0 bridgehead atoms. The molecule has 0 spiro atoms. The fourth-order valence-corrected chi connectivity index (χ4v) is 0.876. The van der Waals surface area contributed by atoms with Crippen molar-refractivity contribution in [1.82, 2.24) is 20.2 Å². The lowest BCUT2D eigenvalue weighted by Gasteiger charge is -2.13. The molecule has 0 aromatic carbocycles. The van der Waals surface area contributed by atoms with Gasteiger partial charge in [-0.05, 0) is 10.4 Å². The van der Waals surface area contributed by atoms with Crippen molar-refractivity contribution in [3.05, 3.63) is 5.82 Å². The standard InChI is InChI=1S/C3Cl3F3N4/c4-3(5,6)13-1(2(7,8)9)10-11-12-13. The molecule has 0 aliphatic heterocycles. The highest BCUT2D eigenvalue weighted by atomic mass is 35.6. The molecule has 1 heterocycles. The van der Waals surface area contributed by atoms with Crippen molar-refractivity contribution >= 4 is 34.8 Å². The highest BCUT2D eigenvalue weighted by Gasteiger charge is 2.43. The number of aromatic nitrogens is 4. The largest absolute Gasteiger partial charge is 0.453 e. The molecule has 1 aromatic heterocycles. The number of tetrazole rings is 1. The minimum absolute atomic E-state index is 0.0532. The Morgan fingerprint density at radius 2 is 1.69 bits per heavy atom. The topological polar surface area (TPSA) is 43.6 Å². The van der Waals surface area contributed by atoms with E-state index in [0.717, 1.165) is 0 Å². The molecule has 0 radical (unpaired) electrons. The van der Waals surface area contributed by atoms with Crippen LogP contribution >= 0.6 is 34.8 Å². The summed E-state index contributed by atoms with van der Waals surface area (Å²) in [5, 5.41) is 8.32. The summed E-state index contributed by atoms with van der Waals surface area (Å²) in [5.41, 5.74) is 0. The van der Waals surface area contributed by atoms with Crippen LogP contribution in [0.25, 0.3) is 0 Å². The van der Waals surface area contributed by atoms with Crippen LogP contribution in [0.15, 0.2) is 0 Å². The third-order valence-corrected chi connectivity index (χ3v) is 1.44. The quantitative estimate of drug-likeness (QED) is 0.666. The molecule has 1 rings (SSSR count). The molecule has 0 saturated carbocycles. The molecule has 0 aliphatic carbocycles. The van der Waals surface area contributed by atoms with E-state index in [1.165, 1.54) is 0 Å². The van der Waals surface area contributed by atoms with Crippen LogP contribution in [0.3, 0.4) is 0 Å². The molecule has 0 fully saturated rings. The monoisotopic (exact) mass is 254 g/mol. The van der Waals surface area contributed by atoms with Crippen LogP contribution in [0.5, 0.6) is 0 Å². The van der Waals surface area contributed by atoms with Gasteiger partial charge in [-0.25, -0.2) is 0 Å². The van der Waals surface area contributed by atoms with Gasteiger partial charge in [0.05, 0.1) is 0 Å². The maximum absolute atomic E-state index is 12.1. The van der Waals surface area contributed by atoms with Crippen molar-refractivity contribution < 1.29 is 13.2 Å². The smallest absolute Gasteiger partial charge is 0.171 e. The van der Waals surface area contributed by atoms with Crippen LogP contribution in [0.1, 0.15) is 5.82 Å². The number of hydrogen-bond donors (Lipinski definition) is 0. The van der Waals surface area contributed by atoms with E-state index in [0.29, 0.717) is 0 Å². The van der Waals surface area contributed by atoms with Crippen molar-refractivity contribution in [2.45, 2.75) is 10.1 Å². The fraction of sp³-hybridized carbons (Fsp3) is 0.667. The minimum atomic E-state index is -4.76. The van der Waals surface area contributed by atoms with E-state index in [1.807, 2.05) is 0 Å². The van der Waals surface area contributed by atoms with Crippen LogP contribution in [-0.2, 0) is 10.1 Å². The van der Waals surface area contributed by atoms with Gasteiger partial charge in [0.1, 0.15) is 0 Å². The molecule has 1 aromatic rings. The van der Waals surface area contributed by atoms with E-state index >= 15 is 0 Å². The van der Waals surface area contributed by atoms with Crippen LogP contribution in [0, 0.1) is 0 Å². The third-order valence-electron chi connectivity index (χ3n) is 0.963. The Balaban J connectivity index is 3.19. The molecule has 74 valence electrons. The molecular formula is C3Cl3F3N4. The lowest BCUT2D eigenvalue weighted by molar-refractivity contribution is -0.148. The Kier molecular flexibility index (Phi) is 2.61. The first-order valence-corrected chi connectivity index (χ1v) is 3.79. The predicted octanol–water partition coefficient (Wildman–Crippen LogP) is 1.98. The molecule has 4 nitrogen and oxygen atoms in total. The van der Waals surface area contributed by atoms with Gasteiger partial charge in [-0.3, -0.25) is 0 Å². The van der Waals surface area contributed by atoms with E-state index in [1.54, 1.807) is 0 Å². The summed E-state index contributed by atoms with van der Waals surface area (Å²) in [6, 6.07) is 0. The van der Waals surface area contributed by atoms with Gasteiger partial charge in [0.15, 0.2) is 0 Å². The van der Waals surface area contributed by atoms with Gasteiger partial charge in [0, 0.05) is 0 Å². The first-order valence-electron chi connectivity index (χ1n) is 2.65. The van der Waals surface area contributed by atoms with Crippen LogP contribution < -0.4 is 0 Å². The number of rotatable bonds is 0. The molecule has 0 saturated heterocycles. The minimum Gasteiger partial charge on any atom is -0.171 e. The zero-order valence-corrected chi connectivity index (χ0v) is 7.82. The zero-order valence-electron chi connectivity index (χ0n) is 5.56. The molecular weight excluding hydrogens is 255 g/mol. The number of alkyl halides is 6. The van der Waals surface area contributed by atoms with Gasteiger partial charge >= 0.3 is 6.18 Å².